The molecule has 6 nitrogen and oxygen atoms in total. The second-order valence-electron chi connectivity index (χ2n) is 8.00. The van der Waals surface area contributed by atoms with Crippen molar-refractivity contribution in [2.45, 2.75) is 32.2 Å². The van der Waals surface area contributed by atoms with Gasteiger partial charge in [0.1, 0.15) is 17.3 Å². The van der Waals surface area contributed by atoms with Crippen molar-refractivity contribution in [1.29, 1.82) is 0 Å². The van der Waals surface area contributed by atoms with Gasteiger partial charge in [-0.05, 0) is 43.8 Å². The Morgan fingerprint density at radius 3 is 2.90 bits per heavy atom. The molecule has 2 heterocycles. The maximum atomic E-state index is 12.3. The van der Waals surface area contributed by atoms with Gasteiger partial charge in [-0.25, -0.2) is 4.99 Å². The summed E-state index contributed by atoms with van der Waals surface area (Å²) in [4.78, 5) is 21.8. The molecular weight excluding hydrogens is 414 g/mol. The number of amidine groups is 1. The van der Waals surface area contributed by atoms with Gasteiger partial charge in [-0.3, -0.25) is 9.69 Å². The van der Waals surface area contributed by atoms with Crippen molar-refractivity contribution in [3.05, 3.63) is 53.1 Å². The predicted molar refractivity (Wildman–Crippen MR) is 123 cm³/mol. The lowest BCUT2D eigenvalue weighted by atomic mass is 10.1. The lowest BCUT2D eigenvalue weighted by Crippen LogP contribution is -2.54. The molecule has 0 radical (unpaired) electrons. The summed E-state index contributed by atoms with van der Waals surface area (Å²) in [6, 6.07) is 13.4. The van der Waals surface area contributed by atoms with E-state index in [2.05, 4.69) is 23.8 Å². The van der Waals surface area contributed by atoms with Gasteiger partial charge in [-0.2, -0.15) is 0 Å². The van der Waals surface area contributed by atoms with Crippen LogP contribution in [-0.2, 0) is 9.53 Å². The average Bonchev–Trinajstić information content (AvgIpc) is 2.92. The third-order valence-corrected chi connectivity index (χ3v) is 5.97. The van der Waals surface area contributed by atoms with Crippen molar-refractivity contribution in [3.8, 4) is 11.5 Å². The number of likely N-dealkylation sites (N-methyl/N-ethyl adjacent to an activating group) is 1. The second kappa shape index (κ2) is 9.71. The van der Waals surface area contributed by atoms with E-state index in [1.807, 2.05) is 36.4 Å². The van der Waals surface area contributed by atoms with E-state index in [1.54, 1.807) is 6.07 Å². The highest BCUT2D eigenvalue weighted by Gasteiger charge is 2.31. The fraction of sp³-hybridized carbons (Fsp3) is 0.417. The number of benzene rings is 2. The van der Waals surface area contributed by atoms with Crippen LogP contribution in [0.15, 0.2) is 47.5 Å². The molecule has 2 aromatic rings. The monoisotopic (exact) mass is 441 g/mol. The topological polar surface area (TPSA) is 54.4 Å². The number of carbonyl (C=O) groups excluding carboxylic acids is 1. The van der Waals surface area contributed by atoms with Crippen LogP contribution in [0, 0.1) is 0 Å². The molecule has 2 aliphatic rings. The van der Waals surface area contributed by atoms with Crippen LogP contribution in [0.3, 0.4) is 0 Å². The molecule has 7 heteroatoms. The SMILES string of the molecule is CCCCOC(=O)C[C@H]1CN(C2=Nc3cc(Cl)ccc3Oc3ccccc32)CCN1C. The lowest BCUT2D eigenvalue weighted by Gasteiger charge is -2.40. The van der Waals surface area contributed by atoms with Crippen LogP contribution in [-0.4, -0.2) is 60.9 Å². The van der Waals surface area contributed by atoms with Gasteiger partial charge in [0.05, 0.1) is 18.6 Å². The van der Waals surface area contributed by atoms with Crippen LogP contribution >= 0.6 is 11.6 Å². The van der Waals surface area contributed by atoms with Crippen LogP contribution in [0.2, 0.25) is 5.02 Å². The molecular formula is C24H28ClN3O3. The lowest BCUT2D eigenvalue weighted by molar-refractivity contribution is -0.145. The van der Waals surface area contributed by atoms with Crippen molar-refractivity contribution < 1.29 is 14.3 Å². The van der Waals surface area contributed by atoms with E-state index >= 15 is 0 Å². The van der Waals surface area contributed by atoms with Gasteiger partial charge >= 0.3 is 5.97 Å². The third kappa shape index (κ3) is 5.02. The van der Waals surface area contributed by atoms with Crippen molar-refractivity contribution in [3.63, 3.8) is 0 Å². The fourth-order valence-corrected chi connectivity index (χ4v) is 4.05. The number of nitrogens with zero attached hydrogens (tertiary/aromatic N) is 3. The van der Waals surface area contributed by atoms with Crippen LogP contribution < -0.4 is 4.74 Å². The Morgan fingerprint density at radius 2 is 2.06 bits per heavy atom. The number of piperazine rings is 1. The summed E-state index contributed by atoms with van der Waals surface area (Å²) >= 11 is 6.23. The molecule has 2 aliphatic heterocycles. The number of ether oxygens (including phenoxy) is 2. The molecule has 31 heavy (non-hydrogen) atoms. The molecule has 0 aromatic heterocycles. The molecule has 1 atom stereocenters. The summed E-state index contributed by atoms with van der Waals surface area (Å²) in [7, 11) is 2.06. The number of hydrogen-bond donors (Lipinski definition) is 0. The molecule has 0 unspecified atom stereocenters. The Labute approximate surface area is 188 Å². The maximum Gasteiger partial charge on any atom is 0.307 e. The average molecular weight is 442 g/mol. The van der Waals surface area contributed by atoms with Crippen LogP contribution in [0.25, 0.3) is 0 Å². The number of halogens is 1. The summed E-state index contributed by atoms with van der Waals surface area (Å²) < 4.78 is 11.6. The van der Waals surface area contributed by atoms with Crippen molar-refractivity contribution >= 4 is 29.1 Å². The van der Waals surface area contributed by atoms with Crippen LogP contribution in [0.5, 0.6) is 11.5 Å². The van der Waals surface area contributed by atoms with Gasteiger partial charge in [0.2, 0.25) is 0 Å². The Hall–Kier alpha value is -2.57. The van der Waals surface area contributed by atoms with Crippen LogP contribution in [0.4, 0.5) is 5.69 Å². The first-order valence-electron chi connectivity index (χ1n) is 10.8. The molecule has 164 valence electrons. The zero-order valence-electron chi connectivity index (χ0n) is 18.0. The fourth-order valence-electron chi connectivity index (χ4n) is 3.88. The summed E-state index contributed by atoms with van der Waals surface area (Å²) in [5, 5.41) is 0.613. The molecule has 1 fully saturated rings. The first kappa shape index (κ1) is 21.7. The molecule has 0 bridgehead atoms. The highest BCUT2D eigenvalue weighted by atomic mass is 35.5. The highest BCUT2D eigenvalue weighted by molar-refractivity contribution is 6.31. The number of fused-ring (bicyclic) bond motifs is 2. The molecule has 0 N–H and O–H groups in total. The molecule has 0 saturated carbocycles. The zero-order chi connectivity index (χ0) is 21.8. The van der Waals surface area contributed by atoms with Crippen molar-refractivity contribution in [1.82, 2.24) is 9.80 Å². The molecule has 0 spiro atoms. The Morgan fingerprint density at radius 1 is 1.23 bits per heavy atom. The summed E-state index contributed by atoms with van der Waals surface area (Å²) in [5.74, 6) is 2.14. The van der Waals surface area contributed by atoms with E-state index in [0.29, 0.717) is 36.0 Å². The Kier molecular flexibility index (Phi) is 6.78. The first-order valence-corrected chi connectivity index (χ1v) is 11.2. The number of rotatable bonds is 5. The maximum absolute atomic E-state index is 12.3. The van der Waals surface area contributed by atoms with E-state index in [4.69, 9.17) is 26.1 Å². The number of hydrogen-bond acceptors (Lipinski definition) is 6. The number of carbonyl (C=O) groups is 1. The Balaban J connectivity index is 1.60. The van der Waals surface area contributed by atoms with Gasteiger partial charge in [0.25, 0.3) is 0 Å². The van der Waals surface area contributed by atoms with Gasteiger partial charge in [0, 0.05) is 30.7 Å². The summed E-state index contributed by atoms with van der Waals surface area (Å²) in [6.45, 7) is 4.90. The summed E-state index contributed by atoms with van der Waals surface area (Å²) in [5.41, 5.74) is 1.64. The van der Waals surface area contributed by atoms with Crippen molar-refractivity contribution in [2.24, 2.45) is 4.99 Å². The van der Waals surface area contributed by atoms with Gasteiger partial charge in [-0.15, -0.1) is 0 Å². The molecule has 0 aliphatic carbocycles. The van der Waals surface area contributed by atoms with E-state index in [-0.39, 0.29) is 12.0 Å². The van der Waals surface area contributed by atoms with Gasteiger partial charge in [-0.1, -0.05) is 37.1 Å². The highest BCUT2D eigenvalue weighted by Crippen LogP contribution is 2.39. The minimum atomic E-state index is -0.143. The quantitative estimate of drug-likeness (QED) is 0.489. The number of aliphatic imine (C=N–C) groups is 1. The number of esters is 1. The van der Waals surface area contributed by atoms with Crippen LogP contribution in [0.1, 0.15) is 31.7 Å². The number of unbranched alkanes of at least 4 members (excludes halogenated alkanes) is 1. The zero-order valence-corrected chi connectivity index (χ0v) is 18.8. The minimum Gasteiger partial charge on any atom is -0.466 e. The smallest absolute Gasteiger partial charge is 0.307 e. The van der Waals surface area contributed by atoms with Gasteiger partial charge in [0.15, 0.2) is 5.75 Å². The van der Waals surface area contributed by atoms with E-state index in [1.165, 1.54) is 0 Å². The van der Waals surface area contributed by atoms with Gasteiger partial charge < -0.3 is 14.4 Å². The first-order chi connectivity index (χ1) is 15.0. The summed E-state index contributed by atoms with van der Waals surface area (Å²) in [6.07, 6.45) is 2.27. The van der Waals surface area contributed by atoms with E-state index in [0.717, 1.165) is 43.1 Å². The predicted octanol–water partition coefficient (Wildman–Crippen LogP) is 4.87. The van der Waals surface area contributed by atoms with Crippen molar-refractivity contribution in [2.75, 3.05) is 33.3 Å². The standard InChI is InChI=1S/C24H28ClN3O3/c1-3-4-13-30-23(29)15-18-16-28(12-11-27(18)2)24-19-7-5-6-8-21(19)31-22-10-9-17(25)14-20(22)26-24/h5-10,14,18H,3-4,11-13,15-16H2,1-2H3/t18-/m0/s1. The number of para-hydroxylation sites is 1. The molecule has 0 amide bonds. The Bertz CT molecular complexity index is 978. The van der Waals surface area contributed by atoms with E-state index < -0.39 is 0 Å². The largest absolute Gasteiger partial charge is 0.466 e. The third-order valence-electron chi connectivity index (χ3n) is 5.74. The normalized spacial score (nSPS) is 18.4. The minimum absolute atomic E-state index is 0.0562. The molecule has 1 saturated heterocycles. The van der Waals surface area contributed by atoms with E-state index in [9.17, 15) is 4.79 Å². The molecule has 2 aromatic carbocycles. The molecule has 4 rings (SSSR count). The second-order valence-corrected chi connectivity index (χ2v) is 8.44.